The molecule has 2 aromatic carbocycles. The maximum atomic E-state index is 11.4. The van der Waals surface area contributed by atoms with Crippen LogP contribution >= 0.6 is 39.1 Å². The van der Waals surface area contributed by atoms with Crippen molar-refractivity contribution in [1.29, 1.82) is 0 Å². The number of anilines is 1. The second kappa shape index (κ2) is 5.87. The number of ether oxygens (including phenoxy) is 1. The van der Waals surface area contributed by atoms with Gasteiger partial charge in [-0.15, -0.1) is 0 Å². The number of carbonyl (C=O) groups excluding carboxylic acids is 1. The van der Waals surface area contributed by atoms with E-state index in [-0.39, 0.29) is 17.3 Å². The first kappa shape index (κ1) is 14.7. The first-order valence-electron chi connectivity index (χ1n) is 6.21. The third-order valence-corrected chi connectivity index (χ3v) is 5.04. The number of nitrogens with one attached hydrogen (secondary N) is 1. The molecule has 0 saturated carbocycles. The van der Waals surface area contributed by atoms with E-state index in [0.717, 1.165) is 11.1 Å². The molecule has 3 nitrogen and oxygen atoms in total. The summed E-state index contributed by atoms with van der Waals surface area (Å²) < 4.78 is 5.34. The number of amides is 1. The lowest BCUT2D eigenvalue weighted by atomic mass is 10.0. The van der Waals surface area contributed by atoms with Crippen LogP contribution in [-0.4, -0.2) is 12.5 Å². The molecule has 1 atom stereocenters. The summed E-state index contributed by atoms with van der Waals surface area (Å²) in [6.45, 7) is 0.0458. The molecular weight excluding hydrogens is 377 g/mol. The van der Waals surface area contributed by atoms with Crippen molar-refractivity contribution in [2.75, 3.05) is 11.9 Å². The zero-order valence-corrected chi connectivity index (χ0v) is 13.8. The van der Waals surface area contributed by atoms with Crippen molar-refractivity contribution in [2.24, 2.45) is 0 Å². The van der Waals surface area contributed by atoms with Crippen LogP contribution in [0.5, 0.6) is 5.75 Å². The normalized spacial score (nSPS) is 14.9. The summed E-state index contributed by atoms with van der Waals surface area (Å²) in [4.78, 5) is 11.3. The van der Waals surface area contributed by atoms with Gasteiger partial charge in [0.1, 0.15) is 5.75 Å². The van der Waals surface area contributed by atoms with Gasteiger partial charge in [0.15, 0.2) is 6.61 Å². The number of carbonyl (C=O) groups is 1. The standard InChI is InChI=1S/C15H10BrCl2NO2/c16-14(9-2-1-3-10(17)15(9)18)8-4-5-12-11(6-8)19-13(20)7-21-12/h1-6,14H,7H2,(H,19,20). The third kappa shape index (κ3) is 2.89. The van der Waals surface area contributed by atoms with Gasteiger partial charge in [0.05, 0.1) is 20.6 Å². The molecule has 0 bridgehead atoms. The Morgan fingerprint density at radius 2 is 2.05 bits per heavy atom. The molecule has 2 aromatic rings. The van der Waals surface area contributed by atoms with E-state index in [1.807, 2.05) is 30.3 Å². The number of benzene rings is 2. The molecule has 1 unspecified atom stereocenters. The van der Waals surface area contributed by atoms with Gasteiger partial charge in [-0.1, -0.05) is 57.3 Å². The minimum absolute atomic E-state index is 0.0458. The minimum atomic E-state index is -0.161. The Hall–Kier alpha value is -1.23. The average molecular weight is 387 g/mol. The van der Waals surface area contributed by atoms with E-state index < -0.39 is 0 Å². The second-order valence-electron chi connectivity index (χ2n) is 4.60. The number of hydrogen-bond donors (Lipinski definition) is 1. The van der Waals surface area contributed by atoms with Crippen LogP contribution in [0.1, 0.15) is 16.0 Å². The fourth-order valence-electron chi connectivity index (χ4n) is 2.15. The molecule has 0 saturated heterocycles. The molecule has 1 amide bonds. The van der Waals surface area contributed by atoms with Crippen LogP contribution in [0.2, 0.25) is 10.0 Å². The van der Waals surface area contributed by atoms with Crippen LogP contribution in [0, 0.1) is 0 Å². The highest BCUT2D eigenvalue weighted by Crippen LogP contribution is 2.40. The second-order valence-corrected chi connectivity index (χ2v) is 6.30. The monoisotopic (exact) mass is 385 g/mol. The van der Waals surface area contributed by atoms with E-state index in [4.69, 9.17) is 27.9 Å². The van der Waals surface area contributed by atoms with Crippen molar-refractivity contribution in [3.05, 3.63) is 57.6 Å². The average Bonchev–Trinajstić information content (AvgIpc) is 2.48. The third-order valence-electron chi connectivity index (χ3n) is 3.18. The van der Waals surface area contributed by atoms with Crippen molar-refractivity contribution in [2.45, 2.75) is 4.83 Å². The molecule has 0 aliphatic carbocycles. The van der Waals surface area contributed by atoms with Crippen molar-refractivity contribution < 1.29 is 9.53 Å². The Morgan fingerprint density at radius 3 is 2.86 bits per heavy atom. The molecule has 1 N–H and O–H groups in total. The molecule has 0 radical (unpaired) electrons. The van der Waals surface area contributed by atoms with Crippen LogP contribution < -0.4 is 10.1 Å². The molecule has 6 heteroatoms. The summed E-state index contributed by atoms with van der Waals surface area (Å²) in [6.07, 6.45) is 0. The quantitative estimate of drug-likeness (QED) is 0.752. The molecule has 21 heavy (non-hydrogen) atoms. The van der Waals surface area contributed by atoms with Gasteiger partial charge in [-0.3, -0.25) is 4.79 Å². The molecule has 1 aliphatic heterocycles. The van der Waals surface area contributed by atoms with Crippen LogP contribution in [0.15, 0.2) is 36.4 Å². The van der Waals surface area contributed by atoms with Gasteiger partial charge in [-0.05, 0) is 29.3 Å². The first-order chi connectivity index (χ1) is 10.1. The largest absolute Gasteiger partial charge is 0.482 e. The summed E-state index contributed by atoms with van der Waals surface area (Å²) in [7, 11) is 0. The Bertz CT molecular complexity index is 721. The number of rotatable bonds is 2. The van der Waals surface area contributed by atoms with Gasteiger partial charge in [0.2, 0.25) is 0 Å². The molecular formula is C15H10BrCl2NO2. The fourth-order valence-corrected chi connectivity index (χ4v) is 3.37. The fraction of sp³-hybridized carbons (Fsp3) is 0.133. The van der Waals surface area contributed by atoms with E-state index in [9.17, 15) is 4.79 Å². The van der Waals surface area contributed by atoms with Gasteiger partial charge in [-0.2, -0.15) is 0 Å². The number of hydrogen-bond acceptors (Lipinski definition) is 2. The summed E-state index contributed by atoms with van der Waals surface area (Å²) in [6, 6.07) is 11.1. The lowest BCUT2D eigenvalue weighted by Gasteiger charge is -2.20. The minimum Gasteiger partial charge on any atom is -0.482 e. The molecule has 3 rings (SSSR count). The zero-order valence-electron chi connectivity index (χ0n) is 10.7. The smallest absolute Gasteiger partial charge is 0.262 e. The lowest BCUT2D eigenvalue weighted by molar-refractivity contribution is -0.118. The van der Waals surface area contributed by atoms with Crippen LogP contribution in [0.3, 0.4) is 0 Å². The molecule has 0 fully saturated rings. The predicted octanol–water partition coefficient (Wildman–Crippen LogP) is 4.81. The predicted molar refractivity (Wildman–Crippen MR) is 87.8 cm³/mol. The Morgan fingerprint density at radius 1 is 1.24 bits per heavy atom. The SMILES string of the molecule is O=C1COc2ccc(C(Br)c3cccc(Cl)c3Cl)cc2N1. The van der Waals surface area contributed by atoms with Crippen molar-refractivity contribution in [1.82, 2.24) is 0 Å². The van der Waals surface area contributed by atoms with Gasteiger partial charge < -0.3 is 10.1 Å². The van der Waals surface area contributed by atoms with Gasteiger partial charge in [-0.25, -0.2) is 0 Å². The highest BCUT2D eigenvalue weighted by molar-refractivity contribution is 9.09. The Labute approximate surface area is 140 Å². The van der Waals surface area contributed by atoms with E-state index >= 15 is 0 Å². The van der Waals surface area contributed by atoms with Crippen molar-refractivity contribution in [3.63, 3.8) is 0 Å². The Kier molecular flexibility index (Phi) is 4.11. The number of alkyl halides is 1. The van der Waals surface area contributed by atoms with Crippen LogP contribution in [0.25, 0.3) is 0 Å². The Balaban J connectivity index is 1.98. The van der Waals surface area contributed by atoms with E-state index in [1.165, 1.54) is 0 Å². The summed E-state index contributed by atoms with van der Waals surface area (Å²) >= 11 is 15.9. The van der Waals surface area contributed by atoms with E-state index in [0.29, 0.717) is 21.5 Å². The number of halogens is 3. The summed E-state index contributed by atoms with van der Waals surface area (Å²) in [5.41, 5.74) is 2.47. The molecule has 0 spiro atoms. The zero-order chi connectivity index (χ0) is 15.0. The molecule has 1 heterocycles. The maximum absolute atomic E-state index is 11.4. The van der Waals surface area contributed by atoms with Crippen molar-refractivity contribution in [3.8, 4) is 5.75 Å². The topological polar surface area (TPSA) is 38.3 Å². The van der Waals surface area contributed by atoms with E-state index in [1.54, 1.807) is 6.07 Å². The highest BCUT2D eigenvalue weighted by atomic mass is 79.9. The van der Waals surface area contributed by atoms with Crippen LogP contribution in [0.4, 0.5) is 5.69 Å². The molecule has 108 valence electrons. The van der Waals surface area contributed by atoms with Gasteiger partial charge in [0.25, 0.3) is 5.91 Å². The first-order valence-corrected chi connectivity index (χ1v) is 7.88. The van der Waals surface area contributed by atoms with Crippen molar-refractivity contribution >= 4 is 50.7 Å². The summed E-state index contributed by atoms with van der Waals surface area (Å²) in [5, 5.41) is 3.81. The number of fused-ring (bicyclic) bond motifs is 1. The van der Waals surface area contributed by atoms with Gasteiger partial charge >= 0.3 is 0 Å². The maximum Gasteiger partial charge on any atom is 0.262 e. The highest BCUT2D eigenvalue weighted by Gasteiger charge is 2.20. The molecule has 1 aliphatic rings. The van der Waals surface area contributed by atoms with Gasteiger partial charge in [0, 0.05) is 0 Å². The molecule has 0 aromatic heterocycles. The lowest BCUT2D eigenvalue weighted by Crippen LogP contribution is -2.25. The summed E-state index contributed by atoms with van der Waals surface area (Å²) in [5.74, 6) is 0.502. The van der Waals surface area contributed by atoms with E-state index in [2.05, 4.69) is 21.2 Å². The van der Waals surface area contributed by atoms with Crippen LogP contribution in [-0.2, 0) is 4.79 Å².